The van der Waals surface area contributed by atoms with Gasteiger partial charge in [0.25, 0.3) is 5.91 Å². The lowest BCUT2D eigenvalue weighted by atomic mass is 9.95. The van der Waals surface area contributed by atoms with Gasteiger partial charge in [0.15, 0.2) is 17.2 Å². The van der Waals surface area contributed by atoms with Crippen molar-refractivity contribution in [3.8, 4) is 11.5 Å². The minimum atomic E-state index is -0.0872. The van der Waals surface area contributed by atoms with Gasteiger partial charge in [0, 0.05) is 23.7 Å². The molecule has 0 bridgehead atoms. The van der Waals surface area contributed by atoms with Crippen molar-refractivity contribution in [1.29, 1.82) is 0 Å². The number of fused-ring (bicyclic) bond motifs is 2. The van der Waals surface area contributed by atoms with E-state index in [1.807, 2.05) is 12.1 Å². The number of ether oxygens (including phenoxy) is 2. The number of methoxy groups -OCH3 is 1. The minimum absolute atomic E-state index is 0.0872. The summed E-state index contributed by atoms with van der Waals surface area (Å²) in [6.45, 7) is 1.16. The van der Waals surface area contributed by atoms with Gasteiger partial charge in [-0.1, -0.05) is 12.1 Å². The molecule has 1 aromatic heterocycles. The highest BCUT2D eigenvalue weighted by Gasteiger charge is 2.25. The molecule has 0 radical (unpaired) electrons. The van der Waals surface area contributed by atoms with Gasteiger partial charge < -0.3 is 14.8 Å². The third-order valence-electron chi connectivity index (χ3n) is 5.08. The number of hydrogen-bond donors (Lipinski definition) is 2. The molecule has 0 saturated heterocycles. The molecule has 0 fully saturated rings. The number of aromatic nitrogens is 2. The molecule has 25 heavy (non-hydrogen) atoms. The lowest BCUT2D eigenvalue weighted by Gasteiger charge is -2.26. The van der Waals surface area contributed by atoms with Gasteiger partial charge in [-0.15, -0.1) is 0 Å². The molecule has 0 unspecified atom stereocenters. The molecule has 1 atom stereocenters. The molecule has 0 spiro atoms. The zero-order valence-corrected chi connectivity index (χ0v) is 14.4. The second-order valence-corrected chi connectivity index (χ2v) is 6.78. The van der Waals surface area contributed by atoms with E-state index in [-0.39, 0.29) is 11.8 Å². The van der Waals surface area contributed by atoms with Crippen LogP contribution in [0.1, 0.15) is 40.2 Å². The average molecular weight is 341 g/mol. The summed E-state index contributed by atoms with van der Waals surface area (Å²) in [6.07, 6.45) is 5.09. The maximum absolute atomic E-state index is 12.5. The molecule has 1 aliphatic carbocycles. The van der Waals surface area contributed by atoms with Crippen molar-refractivity contribution < 1.29 is 14.3 Å². The summed E-state index contributed by atoms with van der Waals surface area (Å²) in [5.41, 5.74) is 3.91. The van der Waals surface area contributed by atoms with Crippen LogP contribution < -0.4 is 14.8 Å². The van der Waals surface area contributed by atoms with E-state index in [1.54, 1.807) is 7.11 Å². The van der Waals surface area contributed by atoms with Crippen molar-refractivity contribution in [2.45, 2.75) is 32.1 Å². The van der Waals surface area contributed by atoms with Crippen molar-refractivity contribution in [1.82, 2.24) is 15.5 Å². The number of amides is 1. The largest absolute Gasteiger partial charge is 0.493 e. The third kappa shape index (κ3) is 3.08. The van der Waals surface area contributed by atoms with E-state index in [0.717, 1.165) is 54.0 Å². The van der Waals surface area contributed by atoms with Crippen LogP contribution in [0.5, 0.6) is 11.5 Å². The number of rotatable bonds is 4. The Bertz CT molecular complexity index is 784. The Labute approximate surface area is 146 Å². The van der Waals surface area contributed by atoms with Crippen LogP contribution in [-0.2, 0) is 19.3 Å². The molecule has 2 aliphatic rings. The summed E-state index contributed by atoms with van der Waals surface area (Å²) < 4.78 is 11.2. The van der Waals surface area contributed by atoms with Crippen LogP contribution in [0, 0.1) is 5.92 Å². The molecule has 1 amide bonds. The summed E-state index contributed by atoms with van der Waals surface area (Å²) in [5.74, 6) is 1.76. The molecular formula is C19H23N3O3. The number of carbonyl (C=O) groups is 1. The Morgan fingerprint density at radius 3 is 3.16 bits per heavy atom. The number of para-hydroxylation sites is 1. The van der Waals surface area contributed by atoms with E-state index in [2.05, 4.69) is 21.6 Å². The molecule has 132 valence electrons. The molecule has 6 nitrogen and oxygen atoms in total. The Hall–Kier alpha value is -2.50. The second-order valence-electron chi connectivity index (χ2n) is 6.78. The first-order valence-corrected chi connectivity index (χ1v) is 8.89. The Kier molecular flexibility index (Phi) is 4.34. The average Bonchev–Trinajstić information content (AvgIpc) is 3.09. The van der Waals surface area contributed by atoms with Crippen LogP contribution in [0.4, 0.5) is 0 Å². The number of nitrogens with one attached hydrogen (secondary N) is 2. The van der Waals surface area contributed by atoms with Crippen molar-refractivity contribution in [3.05, 3.63) is 40.7 Å². The van der Waals surface area contributed by atoms with E-state index < -0.39 is 0 Å². The number of H-pyrrole nitrogens is 1. The van der Waals surface area contributed by atoms with E-state index in [0.29, 0.717) is 18.8 Å². The molecule has 2 aromatic rings. The maximum atomic E-state index is 12.5. The number of aryl methyl sites for hydroxylation is 1. The van der Waals surface area contributed by atoms with E-state index >= 15 is 0 Å². The zero-order chi connectivity index (χ0) is 17.2. The lowest BCUT2D eigenvalue weighted by molar-refractivity contribution is 0.0932. The van der Waals surface area contributed by atoms with Crippen LogP contribution in [0.15, 0.2) is 18.2 Å². The summed E-state index contributed by atoms with van der Waals surface area (Å²) in [7, 11) is 1.65. The van der Waals surface area contributed by atoms with Crippen LogP contribution in [0.2, 0.25) is 0 Å². The van der Waals surface area contributed by atoms with Gasteiger partial charge in [-0.3, -0.25) is 9.89 Å². The van der Waals surface area contributed by atoms with Crippen LogP contribution in [0.3, 0.4) is 0 Å². The van der Waals surface area contributed by atoms with Crippen LogP contribution in [0.25, 0.3) is 0 Å². The lowest BCUT2D eigenvalue weighted by Crippen LogP contribution is -2.35. The van der Waals surface area contributed by atoms with Gasteiger partial charge in [-0.25, -0.2) is 0 Å². The van der Waals surface area contributed by atoms with Gasteiger partial charge in [0.2, 0.25) is 0 Å². The third-order valence-corrected chi connectivity index (χ3v) is 5.08. The van der Waals surface area contributed by atoms with Gasteiger partial charge >= 0.3 is 0 Å². The smallest absolute Gasteiger partial charge is 0.272 e. The number of aromatic amines is 1. The number of benzene rings is 1. The van der Waals surface area contributed by atoms with Crippen molar-refractivity contribution >= 4 is 5.91 Å². The molecule has 0 saturated carbocycles. The number of carbonyl (C=O) groups excluding carboxylic acids is 1. The van der Waals surface area contributed by atoms with Gasteiger partial charge in [-0.2, -0.15) is 5.10 Å². The standard InChI is InChI=1S/C19H23N3O3/c1-24-16-8-4-5-13-9-12(11-25-18(13)16)10-20-19(23)17-14-6-2-3-7-15(14)21-22-17/h4-5,8,12H,2-3,6-7,9-11H2,1H3,(H,20,23)(H,21,22)/t12-/m1/s1. The van der Waals surface area contributed by atoms with E-state index in [9.17, 15) is 4.79 Å². The molecule has 6 heteroatoms. The monoisotopic (exact) mass is 341 g/mol. The fraction of sp³-hybridized carbons (Fsp3) is 0.474. The second kappa shape index (κ2) is 6.78. The topological polar surface area (TPSA) is 76.2 Å². The van der Waals surface area contributed by atoms with E-state index in [1.165, 1.54) is 6.42 Å². The first-order valence-electron chi connectivity index (χ1n) is 8.89. The fourth-order valence-corrected chi connectivity index (χ4v) is 3.74. The molecule has 1 aliphatic heterocycles. The Balaban J connectivity index is 1.39. The van der Waals surface area contributed by atoms with Crippen molar-refractivity contribution in [2.24, 2.45) is 5.92 Å². The van der Waals surface area contributed by atoms with Gasteiger partial charge in [0.05, 0.1) is 13.7 Å². The summed E-state index contributed by atoms with van der Waals surface area (Å²) >= 11 is 0. The predicted molar refractivity (Wildman–Crippen MR) is 93.2 cm³/mol. The quantitative estimate of drug-likeness (QED) is 0.894. The summed E-state index contributed by atoms with van der Waals surface area (Å²) in [6, 6.07) is 5.93. The minimum Gasteiger partial charge on any atom is -0.493 e. The molecule has 1 aromatic carbocycles. The van der Waals surface area contributed by atoms with Crippen LogP contribution in [-0.4, -0.2) is 36.4 Å². The molecular weight excluding hydrogens is 318 g/mol. The number of hydrogen-bond acceptors (Lipinski definition) is 4. The number of nitrogens with zero attached hydrogens (tertiary/aromatic N) is 1. The fourth-order valence-electron chi connectivity index (χ4n) is 3.74. The van der Waals surface area contributed by atoms with Crippen molar-refractivity contribution in [3.63, 3.8) is 0 Å². The summed E-state index contributed by atoms with van der Waals surface area (Å²) in [5, 5.41) is 10.3. The van der Waals surface area contributed by atoms with E-state index in [4.69, 9.17) is 9.47 Å². The summed E-state index contributed by atoms with van der Waals surface area (Å²) in [4.78, 5) is 12.5. The van der Waals surface area contributed by atoms with Gasteiger partial charge in [0.1, 0.15) is 0 Å². The molecule has 2 heterocycles. The SMILES string of the molecule is COc1cccc2c1OC[C@@H](CNC(=O)c1n[nH]c3c1CCCC3)C2. The first kappa shape index (κ1) is 16.0. The van der Waals surface area contributed by atoms with Gasteiger partial charge in [-0.05, 0) is 43.7 Å². The Morgan fingerprint density at radius 1 is 1.40 bits per heavy atom. The van der Waals surface area contributed by atoms with Crippen molar-refractivity contribution in [2.75, 3.05) is 20.3 Å². The highest BCUT2D eigenvalue weighted by Crippen LogP contribution is 2.35. The highest BCUT2D eigenvalue weighted by atomic mass is 16.5. The van der Waals surface area contributed by atoms with Crippen LogP contribution >= 0.6 is 0 Å². The predicted octanol–water partition coefficient (Wildman–Crippen LogP) is 2.28. The first-order chi connectivity index (χ1) is 12.3. The Morgan fingerprint density at radius 2 is 2.28 bits per heavy atom. The zero-order valence-electron chi connectivity index (χ0n) is 14.4. The maximum Gasteiger partial charge on any atom is 0.272 e. The molecule has 4 rings (SSSR count). The molecule has 2 N–H and O–H groups in total. The highest BCUT2D eigenvalue weighted by molar-refractivity contribution is 5.94. The normalized spacial score (nSPS) is 18.7.